The number of aromatic nitrogens is 2. The normalized spacial score (nSPS) is 14.5. The van der Waals surface area contributed by atoms with Gasteiger partial charge in [0.1, 0.15) is 11.7 Å². The summed E-state index contributed by atoms with van der Waals surface area (Å²) in [7, 11) is 0. The van der Waals surface area contributed by atoms with Crippen LogP contribution in [0.1, 0.15) is 75.1 Å². The molecule has 0 bridgehead atoms. The van der Waals surface area contributed by atoms with Crippen molar-refractivity contribution in [2.75, 3.05) is 11.4 Å². The van der Waals surface area contributed by atoms with Crippen LogP contribution in [0, 0.1) is 11.3 Å². The van der Waals surface area contributed by atoms with Crippen molar-refractivity contribution < 1.29 is 8.83 Å². The van der Waals surface area contributed by atoms with E-state index < -0.39 is 0 Å². The molecule has 1 fully saturated rings. The number of nitriles is 1. The Kier molecular flexibility index (Phi) is 10.9. The maximum Gasteiger partial charge on any atom is 0.221 e. The summed E-state index contributed by atoms with van der Waals surface area (Å²) in [4.78, 5) is 11.3. The summed E-state index contributed by atoms with van der Waals surface area (Å²) >= 11 is 0. The Morgan fingerprint density at radius 2 is 1.36 bits per heavy atom. The second-order valence-electron chi connectivity index (χ2n) is 12.7. The van der Waals surface area contributed by atoms with E-state index in [1.54, 1.807) is 0 Å². The van der Waals surface area contributed by atoms with Gasteiger partial charge in [-0.3, -0.25) is 0 Å². The second-order valence-corrected chi connectivity index (χ2v) is 12.7. The average molecular weight is 601 g/mol. The lowest BCUT2D eigenvalue weighted by Gasteiger charge is -2.23. The van der Waals surface area contributed by atoms with Crippen molar-refractivity contribution in [3.05, 3.63) is 126 Å². The van der Waals surface area contributed by atoms with Gasteiger partial charge in [-0.2, -0.15) is 5.26 Å². The number of anilines is 1. The van der Waals surface area contributed by atoms with Gasteiger partial charge in [0.05, 0.1) is 12.3 Å². The maximum absolute atomic E-state index is 9.41. The maximum atomic E-state index is 9.41. The summed E-state index contributed by atoms with van der Waals surface area (Å²) in [6.07, 6.45) is 9.60. The molecular formula is C39H44N4O2. The highest BCUT2D eigenvalue weighted by molar-refractivity contribution is 5.55. The summed E-state index contributed by atoms with van der Waals surface area (Å²) in [5.74, 6) is 3.27. The molecule has 0 spiro atoms. The molecule has 0 saturated carbocycles. The molecule has 1 atom stereocenters. The minimum Gasteiger partial charge on any atom is -0.441 e. The Morgan fingerprint density at radius 3 is 1.93 bits per heavy atom. The van der Waals surface area contributed by atoms with Crippen LogP contribution in [0.4, 0.5) is 5.88 Å². The van der Waals surface area contributed by atoms with Crippen molar-refractivity contribution in [2.45, 2.75) is 83.6 Å². The van der Waals surface area contributed by atoms with Gasteiger partial charge in [0.15, 0.2) is 17.5 Å². The molecule has 6 heteroatoms. The van der Waals surface area contributed by atoms with Gasteiger partial charge in [0, 0.05) is 30.4 Å². The van der Waals surface area contributed by atoms with E-state index in [9.17, 15) is 5.26 Å². The molecule has 1 saturated heterocycles. The van der Waals surface area contributed by atoms with Gasteiger partial charge in [0.25, 0.3) is 0 Å². The first kappa shape index (κ1) is 31.8. The first-order valence-electron chi connectivity index (χ1n) is 16.1. The summed E-state index contributed by atoms with van der Waals surface area (Å²) < 4.78 is 12.0. The highest BCUT2D eigenvalue weighted by Crippen LogP contribution is 2.36. The number of benzene rings is 3. The van der Waals surface area contributed by atoms with Crippen molar-refractivity contribution in [3.63, 3.8) is 0 Å². The quantitative estimate of drug-likeness (QED) is 0.159. The molecule has 3 heterocycles. The van der Waals surface area contributed by atoms with E-state index in [4.69, 9.17) is 13.8 Å². The van der Waals surface area contributed by atoms with Crippen LogP contribution in [0.2, 0.25) is 0 Å². The third kappa shape index (κ3) is 8.95. The monoisotopic (exact) mass is 600 g/mol. The van der Waals surface area contributed by atoms with E-state index in [1.165, 1.54) is 11.1 Å². The van der Waals surface area contributed by atoms with Gasteiger partial charge in [0.2, 0.25) is 5.88 Å². The summed E-state index contributed by atoms with van der Waals surface area (Å²) in [5.41, 5.74) is 4.66. The third-order valence-electron chi connectivity index (χ3n) is 8.04. The summed E-state index contributed by atoms with van der Waals surface area (Å²) in [6.45, 7) is 7.33. The lowest BCUT2D eigenvalue weighted by atomic mass is 9.92. The van der Waals surface area contributed by atoms with Gasteiger partial charge in [-0.25, -0.2) is 9.97 Å². The Morgan fingerprint density at radius 1 is 0.778 bits per heavy atom. The summed E-state index contributed by atoms with van der Waals surface area (Å²) in [5, 5.41) is 9.41. The number of hydrogen-bond acceptors (Lipinski definition) is 6. The van der Waals surface area contributed by atoms with Gasteiger partial charge in [-0.05, 0) is 49.7 Å². The topological polar surface area (TPSA) is 79.1 Å². The SMILES string of the molecule is CC(C)(C)c1nc(CCCc2ccccc2)oc1N1CCC[C@H]1C#N.c1ccc(CCCc2ncc(-c3ccccc3)o2)cc1. The largest absolute Gasteiger partial charge is 0.441 e. The Balaban J connectivity index is 0.000000182. The molecule has 232 valence electrons. The van der Waals surface area contributed by atoms with Crippen molar-refractivity contribution in [2.24, 2.45) is 0 Å². The smallest absolute Gasteiger partial charge is 0.221 e. The molecule has 2 aromatic heterocycles. The number of rotatable bonds is 10. The molecule has 0 radical (unpaired) electrons. The molecule has 0 unspecified atom stereocenters. The lowest BCUT2D eigenvalue weighted by molar-refractivity contribution is 0.477. The van der Waals surface area contributed by atoms with Gasteiger partial charge in [-0.15, -0.1) is 0 Å². The van der Waals surface area contributed by atoms with Crippen molar-refractivity contribution in [3.8, 4) is 17.4 Å². The molecule has 0 N–H and O–H groups in total. The third-order valence-corrected chi connectivity index (χ3v) is 8.04. The van der Waals surface area contributed by atoms with Crippen LogP contribution in [-0.2, 0) is 31.1 Å². The Hall–Kier alpha value is -4.63. The van der Waals surface area contributed by atoms with E-state index in [-0.39, 0.29) is 11.5 Å². The molecule has 3 aromatic carbocycles. The van der Waals surface area contributed by atoms with Crippen molar-refractivity contribution in [1.82, 2.24) is 9.97 Å². The van der Waals surface area contributed by atoms with E-state index in [1.807, 2.05) is 48.7 Å². The Labute approximate surface area is 267 Å². The number of hydrogen-bond donors (Lipinski definition) is 0. The van der Waals surface area contributed by atoms with Crippen molar-refractivity contribution >= 4 is 5.88 Å². The van der Waals surface area contributed by atoms with Gasteiger partial charge < -0.3 is 13.7 Å². The predicted octanol–water partition coefficient (Wildman–Crippen LogP) is 9.16. The highest BCUT2D eigenvalue weighted by Gasteiger charge is 2.34. The molecule has 0 aliphatic carbocycles. The summed E-state index contributed by atoms with van der Waals surface area (Å²) in [6, 6.07) is 33.4. The minimum absolute atomic E-state index is 0.0915. The molecule has 1 aliphatic heterocycles. The molecule has 45 heavy (non-hydrogen) atoms. The zero-order valence-electron chi connectivity index (χ0n) is 26.8. The lowest BCUT2D eigenvalue weighted by Crippen LogP contribution is -2.30. The molecule has 6 nitrogen and oxygen atoms in total. The Bertz CT molecular complexity index is 1630. The highest BCUT2D eigenvalue weighted by atomic mass is 16.4. The van der Waals surface area contributed by atoms with Gasteiger partial charge >= 0.3 is 0 Å². The van der Waals surface area contributed by atoms with Crippen LogP contribution >= 0.6 is 0 Å². The van der Waals surface area contributed by atoms with Crippen LogP contribution in [0.25, 0.3) is 11.3 Å². The molecule has 6 rings (SSSR count). The van der Waals surface area contributed by atoms with Gasteiger partial charge in [-0.1, -0.05) is 112 Å². The van der Waals surface area contributed by atoms with E-state index in [0.717, 1.165) is 92.6 Å². The minimum atomic E-state index is -0.0981. The molecule has 0 amide bonds. The molecular weight excluding hydrogens is 556 g/mol. The number of aryl methyl sites for hydroxylation is 4. The van der Waals surface area contributed by atoms with Crippen LogP contribution in [0.15, 0.2) is 106 Å². The molecule has 1 aliphatic rings. The number of oxazole rings is 2. The van der Waals surface area contributed by atoms with Crippen LogP contribution in [-0.4, -0.2) is 22.6 Å². The van der Waals surface area contributed by atoms with E-state index >= 15 is 0 Å². The standard InChI is InChI=1S/C21H27N3O.C18H17NO/c1-21(2,3)19-20(24-14-8-12-17(24)15-22)25-18(23-19)13-7-11-16-9-5-4-6-10-16;1-3-8-15(9-4-1)10-7-13-18-19-14-17(20-18)16-11-5-2-6-12-16/h4-6,9-10,17H,7-8,11-14H2,1-3H3;1-6,8-9,11-12,14H,7,10,13H2/t17-;/m0./s1. The first-order valence-corrected chi connectivity index (χ1v) is 16.1. The second kappa shape index (κ2) is 15.4. The fourth-order valence-corrected chi connectivity index (χ4v) is 5.63. The van der Waals surface area contributed by atoms with Crippen LogP contribution < -0.4 is 4.90 Å². The molecule has 5 aromatic rings. The van der Waals surface area contributed by atoms with Crippen molar-refractivity contribution in [1.29, 1.82) is 5.26 Å². The van der Waals surface area contributed by atoms with Crippen LogP contribution in [0.3, 0.4) is 0 Å². The number of nitrogens with zero attached hydrogens (tertiary/aromatic N) is 4. The fraction of sp³-hybridized carbons (Fsp3) is 0.359. The fourth-order valence-electron chi connectivity index (χ4n) is 5.63. The predicted molar refractivity (Wildman–Crippen MR) is 180 cm³/mol. The van der Waals surface area contributed by atoms with Crippen LogP contribution in [0.5, 0.6) is 0 Å². The van der Waals surface area contributed by atoms with E-state index in [2.05, 4.69) is 85.3 Å². The average Bonchev–Trinajstić information content (AvgIpc) is 3.83. The zero-order valence-corrected chi connectivity index (χ0v) is 26.8. The first-order chi connectivity index (χ1) is 21.9. The zero-order chi connectivity index (χ0) is 31.5. The van der Waals surface area contributed by atoms with E-state index in [0.29, 0.717) is 0 Å².